The number of hydrogen-bond donors (Lipinski definition) is 2. The number of aromatic nitrogens is 2. The van der Waals surface area contributed by atoms with Gasteiger partial charge in [0.1, 0.15) is 11.3 Å². The van der Waals surface area contributed by atoms with Crippen molar-refractivity contribution in [3.63, 3.8) is 0 Å². The zero-order valence-corrected chi connectivity index (χ0v) is 13.2. The molecule has 0 aliphatic carbocycles. The highest BCUT2D eigenvalue weighted by atomic mass is 16.5. The van der Waals surface area contributed by atoms with E-state index >= 15 is 0 Å². The van der Waals surface area contributed by atoms with Gasteiger partial charge >= 0.3 is 0 Å². The molecule has 0 spiro atoms. The summed E-state index contributed by atoms with van der Waals surface area (Å²) in [6.45, 7) is 4.70. The Bertz CT molecular complexity index is 679. The second-order valence-corrected chi connectivity index (χ2v) is 5.59. The topological polar surface area (TPSA) is 93.5 Å². The second-order valence-electron chi connectivity index (χ2n) is 5.59. The maximum Gasteiger partial charge on any atom is 0.263 e. The molecule has 1 aromatic carbocycles. The minimum absolute atomic E-state index is 0.0250. The van der Waals surface area contributed by atoms with Crippen molar-refractivity contribution in [3.8, 4) is 5.75 Å². The van der Waals surface area contributed by atoms with Crippen molar-refractivity contribution in [2.75, 3.05) is 32.8 Å². The van der Waals surface area contributed by atoms with Gasteiger partial charge in [-0.25, -0.2) is 0 Å². The third kappa shape index (κ3) is 3.30. The predicted molar refractivity (Wildman–Crippen MR) is 86.3 cm³/mol. The van der Waals surface area contributed by atoms with Crippen molar-refractivity contribution < 1.29 is 14.3 Å². The minimum Gasteiger partial charge on any atom is -0.479 e. The van der Waals surface area contributed by atoms with E-state index in [0.29, 0.717) is 38.6 Å². The fraction of sp³-hybridized carbons (Fsp3) is 0.500. The quantitative estimate of drug-likeness (QED) is 0.846. The lowest BCUT2D eigenvalue weighted by atomic mass is 10.1. The Morgan fingerprint density at radius 2 is 2.26 bits per heavy atom. The Balaban J connectivity index is 1.76. The van der Waals surface area contributed by atoms with Gasteiger partial charge in [-0.05, 0) is 19.5 Å². The summed E-state index contributed by atoms with van der Waals surface area (Å²) in [7, 11) is 0. The molecule has 1 saturated heterocycles. The molecule has 1 fully saturated rings. The lowest BCUT2D eigenvalue weighted by molar-refractivity contribution is -0.142. The average Bonchev–Trinajstić information content (AvgIpc) is 2.99. The zero-order chi connectivity index (χ0) is 16.2. The first kappa shape index (κ1) is 15.8. The van der Waals surface area contributed by atoms with Crippen LogP contribution in [0.25, 0.3) is 10.9 Å². The summed E-state index contributed by atoms with van der Waals surface area (Å²) in [6, 6.07) is 5.71. The van der Waals surface area contributed by atoms with E-state index in [1.165, 1.54) is 0 Å². The van der Waals surface area contributed by atoms with Crippen molar-refractivity contribution >= 4 is 16.8 Å². The van der Waals surface area contributed by atoms with Crippen LogP contribution < -0.4 is 10.5 Å². The van der Waals surface area contributed by atoms with Crippen molar-refractivity contribution in [1.29, 1.82) is 0 Å². The molecule has 124 valence electrons. The van der Waals surface area contributed by atoms with E-state index in [1.807, 2.05) is 18.2 Å². The van der Waals surface area contributed by atoms with Gasteiger partial charge in [0, 0.05) is 30.6 Å². The SMILES string of the molecule is C[C@H](Oc1cccc2c(CCN)[nH]nc12)C(=O)N1CCOCC1. The first-order valence-corrected chi connectivity index (χ1v) is 7.90. The van der Waals surface area contributed by atoms with Crippen molar-refractivity contribution in [2.24, 2.45) is 5.73 Å². The highest BCUT2D eigenvalue weighted by molar-refractivity contribution is 5.87. The third-order valence-corrected chi connectivity index (χ3v) is 4.00. The van der Waals surface area contributed by atoms with Crippen LogP contribution in [0.15, 0.2) is 18.2 Å². The predicted octanol–water partition coefficient (Wildman–Crippen LogP) is 0.690. The number of nitrogens with one attached hydrogen (secondary N) is 1. The maximum atomic E-state index is 12.4. The molecule has 7 nitrogen and oxygen atoms in total. The number of carbonyl (C=O) groups excluding carboxylic acids is 1. The highest BCUT2D eigenvalue weighted by Crippen LogP contribution is 2.27. The fourth-order valence-corrected chi connectivity index (χ4v) is 2.78. The van der Waals surface area contributed by atoms with Crippen LogP contribution in [0.5, 0.6) is 5.75 Å². The molecule has 1 aliphatic heterocycles. The molecule has 0 saturated carbocycles. The zero-order valence-electron chi connectivity index (χ0n) is 13.2. The Labute approximate surface area is 134 Å². The van der Waals surface area contributed by atoms with Crippen LogP contribution in [0.1, 0.15) is 12.6 Å². The van der Waals surface area contributed by atoms with Crippen molar-refractivity contribution in [3.05, 3.63) is 23.9 Å². The summed E-state index contributed by atoms with van der Waals surface area (Å²) in [5, 5.41) is 8.30. The molecular weight excluding hydrogens is 296 g/mol. The van der Waals surface area contributed by atoms with Crippen molar-refractivity contribution in [1.82, 2.24) is 15.1 Å². The van der Waals surface area contributed by atoms with Gasteiger partial charge < -0.3 is 20.1 Å². The Morgan fingerprint density at radius 3 is 3.00 bits per heavy atom. The first-order valence-electron chi connectivity index (χ1n) is 7.90. The number of aromatic amines is 1. The summed E-state index contributed by atoms with van der Waals surface area (Å²) in [5.41, 5.74) is 7.33. The molecule has 3 rings (SSSR count). The number of morpholine rings is 1. The number of fused-ring (bicyclic) bond motifs is 1. The minimum atomic E-state index is -0.562. The van der Waals surface area contributed by atoms with E-state index < -0.39 is 6.10 Å². The van der Waals surface area contributed by atoms with Gasteiger partial charge in [0.25, 0.3) is 5.91 Å². The number of ether oxygens (including phenoxy) is 2. The van der Waals surface area contributed by atoms with Crippen LogP contribution >= 0.6 is 0 Å². The summed E-state index contributed by atoms with van der Waals surface area (Å²) < 4.78 is 11.2. The summed E-state index contributed by atoms with van der Waals surface area (Å²) >= 11 is 0. The van der Waals surface area contributed by atoms with Gasteiger partial charge in [-0.15, -0.1) is 0 Å². The van der Waals surface area contributed by atoms with E-state index in [4.69, 9.17) is 15.2 Å². The van der Waals surface area contributed by atoms with Crippen LogP contribution in [-0.4, -0.2) is 60.0 Å². The molecule has 23 heavy (non-hydrogen) atoms. The number of H-pyrrole nitrogens is 1. The Kier molecular flexibility index (Phi) is 4.78. The van der Waals surface area contributed by atoms with E-state index in [-0.39, 0.29) is 5.91 Å². The van der Waals surface area contributed by atoms with Crippen LogP contribution in [-0.2, 0) is 16.0 Å². The fourth-order valence-electron chi connectivity index (χ4n) is 2.78. The lowest BCUT2D eigenvalue weighted by Crippen LogP contribution is -2.46. The van der Waals surface area contributed by atoms with E-state index in [2.05, 4.69) is 10.2 Å². The number of nitrogens with two attached hydrogens (primary N) is 1. The Morgan fingerprint density at radius 1 is 1.48 bits per heavy atom. The van der Waals surface area contributed by atoms with E-state index in [9.17, 15) is 4.79 Å². The summed E-state index contributed by atoms with van der Waals surface area (Å²) in [6.07, 6.45) is 0.163. The lowest BCUT2D eigenvalue weighted by Gasteiger charge is -2.29. The van der Waals surface area contributed by atoms with Crippen LogP contribution in [0.4, 0.5) is 0 Å². The number of para-hydroxylation sites is 1. The van der Waals surface area contributed by atoms with Crippen LogP contribution in [0.2, 0.25) is 0 Å². The van der Waals surface area contributed by atoms with Crippen molar-refractivity contribution in [2.45, 2.75) is 19.4 Å². The molecule has 1 aromatic heterocycles. The monoisotopic (exact) mass is 318 g/mol. The number of amides is 1. The van der Waals surface area contributed by atoms with E-state index in [0.717, 1.165) is 23.0 Å². The highest BCUT2D eigenvalue weighted by Gasteiger charge is 2.24. The number of benzene rings is 1. The molecule has 0 bridgehead atoms. The summed E-state index contributed by atoms with van der Waals surface area (Å²) in [4.78, 5) is 14.2. The van der Waals surface area contributed by atoms with Gasteiger partial charge in [0.05, 0.1) is 13.2 Å². The Hall–Kier alpha value is -2.12. The van der Waals surface area contributed by atoms with Gasteiger partial charge in [0.15, 0.2) is 6.10 Å². The number of carbonyl (C=O) groups is 1. The molecule has 0 radical (unpaired) electrons. The number of rotatable bonds is 5. The number of hydrogen-bond acceptors (Lipinski definition) is 5. The normalized spacial score (nSPS) is 16.5. The molecule has 2 aromatic rings. The molecule has 1 aliphatic rings. The largest absolute Gasteiger partial charge is 0.479 e. The van der Waals surface area contributed by atoms with Crippen LogP contribution in [0, 0.1) is 0 Å². The van der Waals surface area contributed by atoms with Gasteiger partial charge in [-0.3, -0.25) is 9.89 Å². The van der Waals surface area contributed by atoms with Gasteiger partial charge in [-0.1, -0.05) is 12.1 Å². The molecule has 0 unspecified atom stereocenters. The molecule has 2 heterocycles. The molecular formula is C16H22N4O3. The molecule has 3 N–H and O–H groups in total. The van der Waals surface area contributed by atoms with Gasteiger partial charge in [0.2, 0.25) is 0 Å². The molecule has 1 amide bonds. The molecule has 7 heteroatoms. The van der Waals surface area contributed by atoms with Crippen LogP contribution in [0.3, 0.4) is 0 Å². The smallest absolute Gasteiger partial charge is 0.263 e. The molecule has 1 atom stereocenters. The first-order chi connectivity index (χ1) is 11.2. The second kappa shape index (κ2) is 6.97. The number of nitrogens with zero attached hydrogens (tertiary/aromatic N) is 2. The van der Waals surface area contributed by atoms with Gasteiger partial charge in [-0.2, -0.15) is 5.10 Å². The third-order valence-electron chi connectivity index (χ3n) is 4.00. The standard InChI is InChI=1S/C16H22N4O3/c1-11(16(21)20-7-9-22-10-8-20)23-14-4-2-3-12-13(5-6-17)18-19-15(12)14/h2-4,11H,5-10,17H2,1H3,(H,18,19)/t11-/m0/s1. The summed E-state index contributed by atoms with van der Waals surface area (Å²) in [5.74, 6) is 0.583. The average molecular weight is 318 g/mol. The van der Waals surface area contributed by atoms with E-state index in [1.54, 1.807) is 11.8 Å². The maximum absolute atomic E-state index is 12.4.